The molecule has 1 aliphatic rings. The summed E-state index contributed by atoms with van der Waals surface area (Å²) >= 11 is 0. The first-order valence-electron chi connectivity index (χ1n) is 8.41. The minimum atomic E-state index is -0.157. The highest BCUT2D eigenvalue weighted by atomic mass is 16.1. The van der Waals surface area contributed by atoms with Crippen molar-refractivity contribution in [1.82, 2.24) is 4.57 Å². The van der Waals surface area contributed by atoms with Gasteiger partial charge in [0.1, 0.15) is 0 Å². The minimum absolute atomic E-state index is 0.137. The van der Waals surface area contributed by atoms with Gasteiger partial charge in [0.2, 0.25) is 0 Å². The van der Waals surface area contributed by atoms with Gasteiger partial charge in [0.15, 0.2) is 5.78 Å². The Morgan fingerprint density at radius 2 is 1.65 bits per heavy atom. The van der Waals surface area contributed by atoms with Crippen LogP contribution in [0.3, 0.4) is 0 Å². The first-order chi connectivity index (χ1) is 11.1. The summed E-state index contributed by atoms with van der Waals surface area (Å²) in [6.07, 6.45) is 5.56. The number of rotatable bonds is 3. The van der Waals surface area contributed by atoms with Gasteiger partial charge in [-0.15, -0.1) is 0 Å². The van der Waals surface area contributed by atoms with E-state index in [-0.39, 0.29) is 17.4 Å². The van der Waals surface area contributed by atoms with Gasteiger partial charge in [-0.05, 0) is 44.4 Å². The molecule has 0 unspecified atom stereocenters. The zero-order valence-electron chi connectivity index (χ0n) is 13.8. The number of hydrogen-bond donors (Lipinski definition) is 0. The second-order valence-electron chi connectivity index (χ2n) is 6.52. The van der Waals surface area contributed by atoms with Gasteiger partial charge in [0, 0.05) is 6.04 Å². The molecule has 0 aliphatic heterocycles. The second kappa shape index (κ2) is 6.53. The summed E-state index contributed by atoms with van der Waals surface area (Å²) in [5.41, 5.74) is 3.31. The standard InChI is InChI=1S/C20H23NO2/c1-14-8-10-16(11-9-14)19-13-12-18(15(2)22)20(23)21(19)17-6-4-3-5-7-17/h8-13,17H,3-7H2,1-2H3. The fourth-order valence-electron chi connectivity index (χ4n) is 3.48. The van der Waals surface area contributed by atoms with Crippen molar-refractivity contribution in [3.63, 3.8) is 0 Å². The SMILES string of the molecule is CC(=O)c1ccc(-c2ccc(C)cc2)n(C2CCCCC2)c1=O. The fourth-order valence-corrected chi connectivity index (χ4v) is 3.48. The molecule has 0 saturated heterocycles. The highest BCUT2D eigenvalue weighted by Gasteiger charge is 2.22. The molecule has 3 rings (SSSR count). The number of benzene rings is 1. The molecule has 1 aliphatic carbocycles. The molecule has 3 heteroatoms. The highest BCUT2D eigenvalue weighted by Crippen LogP contribution is 2.31. The van der Waals surface area contributed by atoms with Gasteiger partial charge >= 0.3 is 0 Å². The summed E-state index contributed by atoms with van der Waals surface area (Å²) in [6, 6.07) is 12.0. The number of carbonyl (C=O) groups excluding carboxylic acids is 1. The normalized spacial score (nSPS) is 15.6. The Labute approximate surface area is 137 Å². The van der Waals surface area contributed by atoms with E-state index in [4.69, 9.17) is 0 Å². The van der Waals surface area contributed by atoms with E-state index in [0.717, 1.165) is 36.9 Å². The Bertz CT molecular complexity index is 765. The van der Waals surface area contributed by atoms with Gasteiger partial charge in [-0.2, -0.15) is 0 Å². The van der Waals surface area contributed by atoms with Crippen LogP contribution < -0.4 is 5.56 Å². The third kappa shape index (κ3) is 3.14. The Morgan fingerprint density at radius 3 is 2.26 bits per heavy atom. The largest absolute Gasteiger partial charge is 0.305 e. The molecule has 0 atom stereocenters. The van der Waals surface area contributed by atoms with Crippen molar-refractivity contribution < 1.29 is 4.79 Å². The molecule has 0 bridgehead atoms. The average molecular weight is 309 g/mol. The second-order valence-corrected chi connectivity index (χ2v) is 6.52. The third-order valence-electron chi connectivity index (χ3n) is 4.78. The fraction of sp³-hybridized carbons (Fsp3) is 0.400. The van der Waals surface area contributed by atoms with Crippen LogP contribution in [0.2, 0.25) is 0 Å². The van der Waals surface area contributed by atoms with E-state index in [9.17, 15) is 9.59 Å². The number of hydrogen-bond acceptors (Lipinski definition) is 2. The molecule has 23 heavy (non-hydrogen) atoms. The first kappa shape index (κ1) is 15.7. The van der Waals surface area contributed by atoms with E-state index in [2.05, 4.69) is 31.2 Å². The van der Waals surface area contributed by atoms with E-state index in [1.54, 1.807) is 6.07 Å². The van der Waals surface area contributed by atoms with Crippen molar-refractivity contribution in [3.05, 3.63) is 57.9 Å². The van der Waals surface area contributed by atoms with Crippen LogP contribution in [-0.4, -0.2) is 10.4 Å². The molecule has 1 aromatic heterocycles. The number of aromatic nitrogens is 1. The minimum Gasteiger partial charge on any atom is -0.305 e. The van der Waals surface area contributed by atoms with Crippen molar-refractivity contribution in [2.45, 2.75) is 52.0 Å². The molecule has 2 aromatic rings. The number of nitrogens with zero attached hydrogens (tertiary/aromatic N) is 1. The van der Waals surface area contributed by atoms with E-state index < -0.39 is 0 Å². The maximum absolute atomic E-state index is 12.9. The predicted octanol–water partition coefficient (Wildman–Crippen LogP) is 4.53. The summed E-state index contributed by atoms with van der Waals surface area (Å²) in [6.45, 7) is 3.52. The first-order valence-corrected chi connectivity index (χ1v) is 8.41. The van der Waals surface area contributed by atoms with Gasteiger partial charge in [-0.25, -0.2) is 0 Å². The molecule has 3 nitrogen and oxygen atoms in total. The Morgan fingerprint density at radius 1 is 1.00 bits per heavy atom. The zero-order chi connectivity index (χ0) is 16.4. The maximum Gasteiger partial charge on any atom is 0.262 e. The quantitative estimate of drug-likeness (QED) is 0.781. The Balaban J connectivity index is 2.18. The Kier molecular flexibility index (Phi) is 4.46. The van der Waals surface area contributed by atoms with Crippen molar-refractivity contribution in [2.75, 3.05) is 0 Å². The molecule has 0 amide bonds. The van der Waals surface area contributed by atoms with Crippen LogP contribution in [0, 0.1) is 6.92 Å². The smallest absolute Gasteiger partial charge is 0.262 e. The summed E-state index contributed by atoms with van der Waals surface area (Å²) in [4.78, 5) is 24.7. The van der Waals surface area contributed by atoms with Crippen molar-refractivity contribution >= 4 is 5.78 Å². The number of aryl methyl sites for hydroxylation is 1. The molecular formula is C20H23NO2. The van der Waals surface area contributed by atoms with Gasteiger partial charge in [0.25, 0.3) is 5.56 Å². The van der Waals surface area contributed by atoms with Crippen LogP contribution in [-0.2, 0) is 0 Å². The van der Waals surface area contributed by atoms with Gasteiger partial charge in [-0.3, -0.25) is 9.59 Å². The summed E-state index contributed by atoms with van der Waals surface area (Å²) < 4.78 is 1.88. The molecule has 1 aromatic carbocycles. The third-order valence-corrected chi connectivity index (χ3v) is 4.78. The lowest BCUT2D eigenvalue weighted by Gasteiger charge is -2.27. The number of Topliss-reactive ketones (excluding diaryl/α,β-unsaturated/α-hetero) is 1. The van der Waals surface area contributed by atoms with Crippen molar-refractivity contribution in [1.29, 1.82) is 0 Å². The predicted molar refractivity (Wildman–Crippen MR) is 93.0 cm³/mol. The van der Waals surface area contributed by atoms with Crippen LogP contribution in [0.1, 0.15) is 61.0 Å². The van der Waals surface area contributed by atoms with E-state index in [0.29, 0.717) is 5.56 Å². The van der Waals surface area contributed by atoms with Crippen LogP contribution in [0.25, 0.3) is 11.3 Å². The van der Waals surface area contributed by atoms with E-state index >= 15 is 0 Å². The molecule has 1 saturated carbocycles. The molecule has 0 N–H and O–H groups in total. The molecular weight excluding hydrogens is 286 g/mol. The summed E-state index contributed by atoms with van der Waals surface area (Å²) in [5.74, 6) is -0.157. The molecule has 0 spiro atoms. The lowest BCUT2D eigenvalue weighted by molar-refractivity contribution is 0.101. The maximum atomic E-state index is 12.9. The molecule has 1 fully saturated rings. The van der Waals surface area contributed by atoms with Gasteiger partial charge in [0.05, 0.1) is 11.3 Å². The molecule has 120 valence electrons. The Hall–Kier alpha value is -2.16. The number of carbonyl (C=O) groups is 1. The lowest BCUT2D eigenvalue weighted by atomic mass is 9.94. The van der Waals surface area contributed by atoms with Crippen molar-refractivity contribution in [2.24, 2.45) is 0 Å². The molecule has 0 radical (unpaired) electrons. The monoisotopic (exact) mass is 309 g/mol. The summed E-state index contributed by atoms with van der Waals surface area (Å²) in [7, 11) is 0. The van der Waals surface area contributed by atoms with Crippen LogP contribution in [0.15, 0.2) is 41.2 Å². The highest BCUT2D eigenvalue weighted by molar-refractivity contribution is 5.94. The van der Waals surface area contributed by atoms with Crippen LogP contribution >= 0.6 is 0 Å². The van der Waals surface area contributed by atoms with E-state index in [1.165, 1.54) is 18.9 Å². The number of pyridine rings is 1. The van der Waals surface area contributed by atoms with Gasteiger partial charge in [-0.1, -0.05) is 49.1 Å². The van der Waals surface area contributed by atoms with Crippen LogP contribution in [0.5, 0.6) is 0 Å². The van der Waals surface area contributed by atoms with Gasteiger partial charge < -0.3 is 4.57 Å². The average Bonchev–Trinajstić information content (AvgIpc) is 2.55. The zero-order valence-corrected chi connectivity index (χ0v) is 13.8. The van der Waals surface area contributed by atoms with Crippen LogP contribution in [0.4, 0.5) is 0 Å². The topological polar surface area (TPSA) is 39.1 Å². The van der Waals surface area contributed by atoms with E-state index in [1.807, 2.05) is 10.6 Å². The number of ketones is 1. The summed E-state index contributed by atoms with van der Waals surface area (Å²) in [5, 5.41) is 0. The lowest BCUT2D eigenvalue weighted by Crippen LogP contribution is -2.31. The molecule has 1 heterocycles. The van der Waals surface area contributed by atoms with Crippen molar-refractivity contribution in [3.8, 4) is 11.3 Å².